The van der Waals surface area contributed by atoms with Crippen molar-refractivity contribution in [3.05, 3.63) is 12.0 Å². The number of halogens is 1. The molecule has 1 aromatic heterocycles. The Morgan fingerprint density at radius 2 is 2.30 bits per heavy atom. The third-order valence-corrected chi connectivity index (χ3v) is 1.18. The summed E-state index contributed by atoms with van der Waals surface area (Å²) in [5.74, 6) is -0.711. The van der Waals surface area contributed by atoms with Gasteiger partial charge in [-0.15, -0.1) is 0 Å². The Morgan fingerprint density at radius 3 is 2.50 bits per heavy atom. The van der Waals surface area contributed by atoms with Gasteiger partial charge in [0.25, 0.3) is 0 Å². The predicted molar refractivity (Wildman–Crippen MR) is 33.0 cm³/mol. The van der Waals surface area contributed by atoms with Crippen molar-refractivity contribution < 1.29 is 14.4 Å². The van der Waals surface area contributed by atoms with Crippen LogP contribution < -0.4 is 5.59 Å². The molecule has 1 heterocycles. The summed E-state index contributed by atoms with van der Waals surface area (Å²) in [6.45, 7) is 0. The van der Waals surface area contributed by atoms with Crippen LogP contribution in [0.3, 0.4) is 0 Å². The van der Waals surface area contributed by atoms with E-state index < -0.39 is 12.9 Å². The largest absolute Gasteiger partial charge is 0.510 e. The van der Waals surface area contributed by atoms with Gasteiger partial charge in [0, 0.05) is 7.05 Å². The van der Waals surface area contributed by atoms with E-state index in [0.29, 0.717) is 0 Å². The number of hydrogen-bond donors (Lipinski definition) is 2. The number of rotatable bonds is 1. The van der Waals surface area contributed by atoms with E-state index in [1.165, 1.54) is 7.05 Å². The molecule has 1 rings (SSSR count). The first-order valence-electron chi connectivity index (χ1n) is 2.66. The van der Waals surface area contributed by atoms with Gasteiger partial charge in [0.15, 0.2) is 5.82 Å². The van der Waals surface area contributed by atoms with Gasteiger partial charge in [-0.3, -0.25) is 4.68 Å². The number of hydrogen-bond acceptors (Lipinski definition) is 3. The summed E-state index contributed by atoms with van der Waals surface area (Å²) in [4.78, 5) is 0. The van der Waals surface area contributed by atoms with Gasteiger partial charge in [0.1, 0.15) is 5.59 Å². The fourth-order valence-corrected chi connectivity index (χ4v) is 0.711. The Kier molecular flexibility index (Phi) is 1.73. The van der Waals surface area contributed by atoms with E-state index in [1.807, 2.05) is 0 Å². The van der Waals surface area contributed by atoms with Gasteiger partial charge >= 0.3 is 7.12 Å². The van der Waals surface area contributed by atoms with Crippen molar-refractivity contribution in [3.63, 3.8) is 0 Å². The molecule has 0 spiro atoms. The van der Waals surface area contributed by atoms with Crippen LogP contribution in [0.2, 0.25) is 0 Å². The molecule has 0 aliphatic carbocycles. The average Bonchev–Trinajstić information content (AvgIpc) is 2.11. The maximum absolute atomic E-state index is 12.5. The van der Waals surface area contributed by atoms with Crippen LogP contribution in [0.5, 0.6) is 0 Å². The molecule has 0 aromatic carbocycles. The predicted octanol–water partition coefficient (Wildman–Crippen LogP) is -1.76. The average molecular weight is 144 g/mol. The van der Waals surface area contributed by atoms with E-state index in [2.05, 4.69) is 5.10 Å². The minimum Gasteiger partial charge on any atom is -0.422 e. The monoisotopic (exact) mass is 144 g/mol. The number of aromatic nitrogens is 2. The van der Waals surface area contributed by atoms with E-state index in [1.54, 1.807) is 0 Å². The molecule has 0 saturated carbocycles. The van der Waals surface area contributed by atoms with Crippen molar-refractivity contribution in [2.75, 3.05) is 0 Å². The zero-order chi connectivity index (χ0) is 7.72. The van der Waals surface area contributed by atoms with Crippen molar-refractivity contribution >= 4 is 12.7 Å². The van der Waals surface area contributed by atoms with Crippen molar-refractivity contribution in [1.29, 1.82) is 0 Å². The summed E-state index contributed by atoms with van der Waals surface area (Å²) in [6, 6.07) is 0. The second-order valence-electron chi connectivity index (χ2n) is 1.88. The zero-order valence-electron chi connectivity index (χ0n) is 5.32. The number of nitrogens with zero attached hydrogens (tertiary/aromatic N) is 2. The fourth-order valence-electron chi connectivity index (χ4n) is 0.711. The zero-order valence-corrected chi connectivity index (χ0v) is 5.32. The number of aryl methyl sites for hydroxylation is 1. The van der Waals surface area contributed by atoms with Crippen LogP contribution in [-0.4, -0.2) is 26.9 Å². The molecule has 0 atom stereocenters. The highest BCUT2D eigenvalue weighted by molar-refractivity contribution is 6.57. The first-order chi connectivity index (χ1) is 4.63. The Bertz CT molecular complexity index is 218. The van der Waals surface area contributed by atoms with Crippen LogP contribution in [0.4, 0.5) is 4.39 Å². The molecule has 2 N–H and O–H groups in total. The van der Waals surface area contributed by atoms with Gasteiger partial charge < -0.3 is 10.0 Å². The van der Waals surface area contributed by atoms with Gasteiger partial charge in [0.2, 0.25) is 0 Å². The molecule has 10 heavy (non-hydrogen) atoms. The van der Waals surface area contributed by atoms with E-state index in [-0.39, 0.29) is 5.59 Å². The van der Waals surface area contributed by atoms with Crippen LogP contribution >= 0.6 is 0 Å². The topological polar surface area (TPSA) is 58.3 Å². The highest BCUT2D eigenvalue weighted by Crippen LogP contribution is 1.89. The first-order valence-corrected chi connectivity index (χ1v) is 2.66. The standard InChI is InChI=1S/C4H6BFN2O2/c1-8-4(5(9)10)3(6)2-7-8/h2,9-10H,1H3. The van der Waals surface area contributed by atoms with Crippen LogP contribution in [0, 0.1) is 5.82 Å². The molecule has 0 saturated heterocycles. The fraction of sp³-hybridized carbons (Fsp3) is 0.250. The molecular weight excluding hydrogens is 138 g/mol. The maximum atomic E-state index is 12.5. The lowest BCUT2D eigenvalue weighted by atomic mass is 9.86. The third kappa shape index (κ3) is 1.03. The van der Waals surface area contributed by atoms with Crippen molar-refractivity contribution in [1.82, 2.24) is 9.78 Å². The van der Waals surface area contributed by atoms with Gasteiger partial charge in [-0.05, 0) is 0 Å². The van der Waals surface area contributed by atoms with E-state index in [0.717, 1.165) is 10.9 Å². The molecular formula is C4H6BFN2O2. The summed E-state index contributed by atoms with van der Waals surface area (Å²) < 4.78 is 13.5. The van der Waals surface area contributed by atoms with Crippen LogP contribution in [0.25, 0.3) is 0 Å². The van der Waals surface area contributed by atoms with Gasteiger partial charge in [-0.25, -0.2) is 4.39 Å². The highest BCUT2D eigenvalue weighted by atomic mass is 19.1. The van der Waals surface area contributed by atoms with Gasteiger partial charge in [0.05, 0.1) is 6.20 Å². The highest BCUT2D eigenvalue weighted by Gasteiger charge is 2.20. The van der Waals surface area contributed by atoms with E-state index in [4.69, 9.17) is 10.0 Å². The summed E-state index contributed by atoms with van der Waals surface area (Å²) >= 11 is 0. The first kappa shape index (κ1) is 7.23. The maximum Gasteiger partial charge on any atom is 0.510 e. The summed E-state index contributed by atoms with van der Waals surface area (Å²) in [6.07, 6.45) is 0.925. The molecule has 54 valence electrons. The Morgan fingerprint density at radius 1 is 1.70 bits per heavy atom. The molecule has 1 aromatic rings. The Hall–Kier alpha value is -0.875. The molecule has 0 aliphatic rings. The summed E-state index contributed by atoms with van der Waals surface area (Å²) in [5.41, 5.74) is -0.222. The smallest absolute Gasteiger partial charge is 0.422 e. The lowest BCUT2D eigenvalue weighted by Gasteiger charge is -1.97. The summed E-state index contributed by atoms with van der Waals surface area (Å²) in [5, 5.41) is 20.5. The SMILES string of the molecule is Cn1ncc(F)c1B(O)O. The van der Waals surface area contributed by atoms with Crippen molar-refractivity contribution in [3.8, 4) is 0 Å². The third-order valence-electron chi connectivity index (χ3n) is 1.18. The molecule has 0 unspecified atom stereocenters. The lowest BCUT2D eigenvalue weighted by Crippen LogP contribution is -2.37. The second-order valence-corrected chi connectivity index (χ2v) is 1.88. The minimum atomic E-state index is -1.80. The Balaban J connectivity index is 3.10. The van der Waals surface area contributed by atoms with Gasteiger partial charge in [-0.1, -0.05) is 0 Å². The Labute approximate surface area is 57.1 Å². The van der Waals surface area contributed by atoms with Crippen LogP contribution in [-0.2, 0) is 7.05 Å². The van der Waals surface area contributed by atoms with Gasteiger partial charge in [-0.2, -0.15) is 5.10 Å². The van der Waals surface area contributed by atoms with E-state index in [9.17, 15) is 4.39 Å². The summed E-state index contributed by atoms with van der Waals surface area (Å²) in [7, 11) is -0.370. The molecule has 0 bridgehead atoms. The lowest BCUT2D eigenvalue weighted by molar-refractivity contribution is 0.419. The normalized spacial score (nSPS) is 10.0. The van der Waals surface area contributed by atoms with Crippen LogP contribution in [0.15, 0.2) is 6.20 Å². The molecule has 0 amide bonds. The van der Waals surface area contributed by atoms with Crippen molar-refractivity contribution in [2.45, 2.75) is 0 Å². The van der Waals surface area contributed by atoms with Crippen molar-refractivity contribution in [2.24, 2.45) is 7.05 Å². The second kappa shape index (κ2) is 2.39. The van der Waals surface area contributed by atoms with Crippen LogP contribution in [0.1, 0.15) is 0 Å². The molecule has 6 heteroatoms. The minimum absolute atomic E-state index is 0.222. The molecule has 4 nitrogen and oxygen atoms in total. The quantitative estimate of drug-likeness (QED) is 0.459. The molecule has 0 radical (unpaired) electrons. The molecule has 0 aliphatic heterocycles. The van der Waals surface area contributed by atoms with E-state index >= 15 is 0 Å². The molecule has 0 fully saturated rings.